The number of hydrogen-bond donors (Lipinski definition) is 2. The number of benzene rings is 2. The van der Waals surface area contributed by atoms with Crippen LogP contribution >= 0.6 is 0 Å². The molecule has 2 N–H and O–H groups in total. The van der Waals surface area contributed by atoms with Crippen LogP contribution in [0.4, 0.5) is 0 Å². The second kappa shape index (κ2) is 7.51. The van der Waals surface area contributed by atoms with E-state index >= 15 is 0 Å². The highest BCUT2D eigenvalue weighted by Gasteiger charge is 2.18. The molecule has 1 aliphatic heterocycles. The van der Waals surface area contributed by atoms with E-state index in [1.54, 1.807) is 6.07 Å². The minimum absolute atomic E-state index is 0.257. The Labute approximate surface area is 144 Å². The summed E-state index contributed by atoms with van der Waals surface area (Å²) in [4.78, 5) is 2.46. The first kappa shape index (κ1) is 16.6. The van der Waals surface area contributed by atoms with Gasteiger partial charge < -0.3 is 10.5 Å². The fourth-order valence-electron chi connectivity index (χ4n) is 2.95. The van der Waals surface area contributed by atoms with Gasteiger partial charge in [-0.25, -0.2) is 5.01 Å². The second-order valence-corrected chi connectivity index (χ2v) is 6.36. The van der Waals surface area contributed by atoms with Gasteiger partial charge in [-0.15, -0.1) is 0 Å². The van der Waals surface area contributed by atoms with E-state index in [1.165, 1.54) is 11.1 Å². The molecule has 1 aliphatic rings. The summed E-state index contributed by atoms with van der Waals surface area (Å²) >= 11 is 0. The highest BCUT2D eigenvalue weighted by Crippen LogP contribution is 2.22. The average Bonchev–Trinajstić information content (AvgIpc) is 2.59. The molecule has 1 fully saturated rings. The quantitative estimate of drug-likeness (QED) is 0.887. The number of hydrogen-bond acceptors (Lipinski definition) is 4. The van der Waals surface area contributed by atoms with E-state index in [0.717, 1.165) is 44.0 Å². The molecule has 0 bridgehead atoms. The number of hydrazine groups is 1. The Morgan fingerprint density at radius 3 is 2.38 bits per heavy atom. The highest BCUT2D eigenvalue weighted by atomic mass is 16.3. The maximum Gasteiger partial charge on any atom is 0.124 e. The monoisotopic (exact) mass is 323 g/mol. The SMILES string of the molecule is C=C(NN1CCN(Cc2ccc(C)cc2)CC1)c1ccccc1O. The predicted octanol–water partition coefficient (Wildman–Crippen LogP) is 2.99. The van der Waals surface area contributed by atoms with Gasteiger partial charge in [0.25, 0.3) is 0 Å². The zero-order valence-corrected chi connectivity index (χ0v) is 14.2. The lowest BCUT2D eigenvalue weighted by Gasteiger charge is -2.35. The normalized spacial score (nSPS) is 16.0. The minimum atomic E-state index is 0.257. The fraction of sp³-hybridized carbons (Fsp3) is 0.300. The van der Waals surface area contributed by atoms with Gasteiger partial charge >= 0.3 is 0 Å². The number of para-hydroxylation sites is 1. The number of phenolic OH excluding ortho intramolecular Hbond substituents is 1. The zero-order valence-electron chi connectivity index (χ0n) is 14.2. The Kier molecular flexibility index (Phi) is 5.18. The van der Waals surface area contributed by atoms with Gasteiger partial charge in [0.2, 0.25) is 0 Å². The molecule has 3 rings (SSSR count). The van der Waals surface area contributed by atoms with Crippen molar-refractivity contribution in [1.82, 2.24) is 15.3 Å². The molecule has 4 heteroatoms. The van der Waals surface area contributed by atoms with Gasteiger partial charge in [-0.1, -0.05) is 48.5 Å². The summed E-state index contributed by atoms with van der Waals surface area (Å²) in [6.07, 6.45) is 0. The van der Waals surface area contributed by atoms with Crippen molar-refractivity contribution in [3.05, 3.63) is 71.8 Å². The van der Waals surface area contributed by atoms with Crippen molar-refractivity contribution < 1.29 is 5.11 Å². The van der Waals surface area contributed by atoms with Crippen molar-refractivity contribution >= 4 is 5.70 Å². The third kappa shape index (κ3) is 4.16. The third-order valence-corrected chi connectivity index (χ3v) is 4.42. The number of nitrogens with one attached hydrogen (secondary N) is 1. The number of rotatable bonds is 5. The Balaban J connectivity index is 1.49. The summed E-state index contributed by atoms with van der Waals surface area (Å²) in [5.74, 6) is 0.257. The minimum Gasteiger partial charge on any atom is -0.507 e. The van der Waals surface area contributed by atoms with Crippen LogP contribution in [0.2, 0.25) is 0 Å². The van der Waals surface area contributed by atoms with E-state index < -0.39 is 0 Å². The summed E-state index contributed by atoms with van der Waals surface area (Å²) in [6.45, 7) is 11.0. The van der Waals surface area contributed by atoms with Gasteiger partial charge in [-0.3, -0.25) is 4.90 Å². The zero-order chi connectivity index (χ0) is 16.9. The van der Waals surface area contributed by atoms with Gasteiger partial charge in [0.15, 0.2) is 0 Å². The molecule has 24 heavy (non-hydrogen) atoms. The largest absolute Gasteiger partial charge is 0.507 e. The van der Waals surface area contributed by atoms with Gasteiger partial charge in [0.05, 0.1) is 5.70 Å². The summed E-state index contributed by atoms with van der Waals surface area (Å²) in [6, 6.07) is 16.0. The van der Waals surface area contributed by atoms with Gasteiger partial charge in [-0.2, -0.15) is 0 Å². The van der Waals surface area contributed by atoms with E-state index in [9.17, 15) is 5.11 Å². The summed E-state index contributed by atoms with van der Waals surface area (Å²) in [5.41, 5.74) is 7.47. The van der Waals surface area contributed by atoms with Crippen molar-refractivity contribution in [1.29, 1.82) is 0 Å². The third-order valence-electron chi connectivity index (χ3n) is 4.42. The van der Waals surface area contributed by atoms with Crippen LogP contribution in [-0.2, 0) is 6.54 Å². The first-order valence-corrected chi connectivity index (χ1v) is 8.38. The van der Waals surface area contributed by atoms with E-state index in [1.807, 2.05) is 18.2 Å². The molecule has 126 valence electrons. The lowest BCUT2D eigenvalue weighted by Crippen LogP contribution is -2.50. The van der Waals surface area contributed by atoms with Crippen molar-refractivity contribution in [2.75, 3.05) is 26.2 Å². The molecule has 0 saturated carbocycles. The lowest BCUT2D eigenvalue weighted by molar-refractivity contribution is 0.104. The van der Waals surface area contributed by atoms with Crippen molar-refractivity contribution in [3.8, 4) is 5.75 Å². The van der Waals surface area contributed by atoms with Crippen LogP contribution in [0.5, 0.6) is 5.75 Å². The van der Waals surface area contributed by atoms with E-state index in [2.05, 4.69) is 53.1 Å². The predicted molar refractivity (Wildman–Crippen MR) is 98.3 cm³/mol. The van der Waals surface area contributed by atoms with E-state index in [-0.39, 0.29) is 5.75 Å². The molecule has 4 nitrogen and oxygen atoms in total. The molecule has 0 unspecified atom stereocenters. The van der Waals surface area contributed by atoms with Crippen LogP contribution in [0.15, 0.2) is 55.1 Å². The molecular formula is C20H25N3O. The number of piperazine rings is 1. The van der Waals surface area contributed by atoms with E-state index in [0.29, 0.717) is 0 Å². The van der Waals surface area contributed by atoms with Crippen LogP contribution < -0.4 is 5.43 Å². The summed E-state index contributed by atoms with van der Waals surface area (Å²) in [5, 5.41) is 12.1. The van der Waals surface area contributed by atoms with E-state index in [4.69, 9.17) is 0 Å². The lowest BCUT2D eigenvalue weighted by atomic mass is 10.1. The van der Waals surface area contributed by atoms with Crippen molar-refractivity contribution in [2.24, 2.45) is 0 Å². The van der Waals surface area contributed by atoms with Crippen LogP contribution in [0.3, 0.4) is 0 Å². The summed E-state index contributed by atoms with van der Waals surface area (Å²) < 4.78 is 0. The first-order valence-electron chi connectivity index (χ1n) is 8.38. The van der Waals surface area contributed by atoms with Crippen LogP contribution in [0.25, 0.3) is 5.70 Å². The molecule has 0 aliphatic carbocycles. The van der Waals surface area contributed by atoms with Crippen molar-refractivity contribution in [2.45, 2.75) is 13.5 Å². The maximum atomic E-state index is 9.91. The number of aryl methyl sites for hydroxylation is 1. The Bertz CT molecular complexity index is 688. The molecular weight excluding hydrogens is 298 g/mol. The van der Waals surface area contributed by atoms with Gasteiger partial charge in [-0.05, 0) is 24.6 Å². The number of nitrogens with zero attached hydrogens (tertiary/aromatic N) is 2. The van der Waals surface area contributed by atoms with Crippen LogP contribution in [0, 0.1) is 6.92 Å². The number of phenols is 1. The molecule has 2 aromatic carbocycles. The molecule has 2 aromatic rings. The second-order valence-electron chi connectivity index (χ2n) is 6.36. The fourth-order valence-corrected chi connectivity index (χ4v) is 2.95. The number of aromatic hydroxyl groups is 1. The standard InChI is InChI=1S/C20H25N3O/c1-16-7-9-18(10-8-16)15-22-11-13-23(14-12-22)21-17(2)19-5-3-4-6-20(19)24/h3-10,21,24H,2,11-15H2,1H3. The van der Waals surface area contributed by atoms with Crippen LogP contribution in [0.1, 0.15) is 16.7 Å². The molecule has 1 saturated heterocycles. The Morgan fingerprint density at radius 2 is 1.71 bits per heavy atom. The Hall–Kier alpha value is -2.30. The van der Waals surface area contributed by atoms with Gasteiger partial charge in [0.1, 0.15) is 5.75 Å². The average molecular weight is 323 g/mol. The summed E-state index contributed by atoms with van der Waals surface area (Å²) in [7, 11) is 0. The smallest absolute Gasteiger partial charge is 0.124 e. The molecule has 0 aromatic heterocycles. The van der Waals surface area contributed by atoms with Crippen molar-refractivity contribution in [3.63, 3.8) is 0 Å². The molecule has 0 atom stereocenters. The molecule has 0 radical (unpaired) electrons. The topological polar surface area (TPSA) is 38.7 Å². The molecule has 0 spiro atoms. The molecule has 0 amide bonds. The Morgan fingerprint density at radius 1 is 1.04 bits per heavy atom. The van der Waals surface area contributed by atoms with Crippen LogP contribution in [-0.4, -0.2) is 41.2 Å². The highest BCUT2D eigenvalue weighted by molar-refractivity contribution is 5.66. The first-order chi connectivity index (χ1) is 11.6. The maximum absolute atomic E-state index is 9.91. The van der Waals surface area contributed by atoms with Gasteiger partial charge in [0, 0.05) is 38.3 Å². The molecule has 1 heterocycles.